The molecule has 0 fully saturated rings. The molecule has 0 atom stereocenters. The summed E-state index contributed by atoms with van der Waals surface area (Å²) in [6.45, 7) is 1.63. The lowest BCUT2D eigenvalue weighted by atomic mass is 10.4. The third-order valence-electron chi connectivity index (χ3n) is 1.49. The van der Waals surface area contributed by atoms with Crippen LogP contribution >= 0.6 is 0 Å². The second-order valence-electron chi connectivity index (χ2n) is 2.91. The zero-order chi connectivity index (χ0) is 13.1. The molecule has 0 unspecified atom stereocenters. The first-order valence-corrected chi connectivity index (χ1v) is 5.70. The van der Waals surface area contributed by atoms with Gasteiger partial charge in [0.1, 0.15) is 0 Å². The van der Waals surface area contributed by atoms with Gasteiger partial charge in [-0.2, -0.15) is 13.4 Å². The number of nitrogens with one attached hydrogen (secondary N) is 2. The highest BCUT2D eigenvalue weighted by Gasteiger charge is 2.12. The number of methoxy groups -OCH3 is 1. The Bertz CT molecular complexity index is 529. The lowest BCUT2D eigenvalue weighted by Gasteiger charge is -2.06. The largest absolute Gasteiger partial charge is 0.481 e. The SMILES string of the molecule is COc1cc(C)nc(NC(=O)NS(=O)(=O)O)n1. The summed E-state index contributed by atoms with van der Waals surface area (Å²) < 4.78 is 35.1. The number of aromatic nitrogens is 2. The fraction of sp³-hybridized carbons (Fsp3) is 0.286. The molecule has 0 aliphatic rings. The number of amides is 2. The fourth-order valence-electron chi connectivity index (χ4n) is 0.944. The molecular weight excluding hydrogens is 252 g/mol. The van der Waals surface area contributed by atoms with Gasteiger partial charge in [0.15, 0.2) is 0 Å². The van der Waals surface area contributed by atoms with Crippen LogP contribution in [0.3, 0.4) is 0 Å². The second kappa shape index (κ2) is 4.93. The molecule has 1 aromatic rings. The van der Waals surface area contributed by atoms with Crippen molar-refractivity contribution in [3.05, 3.63) is 11.8 Å². The van der Waals surface area contributed by atoms with Gasteiger partial charge in [-0.3, -0.25) is 9.87 Å². The molecule has 10 heteroatoms. The lowest BCUT2D eigenvalue weighted by Crippen LogP contribution is -2.34. The minimum absolute atomic E-state index is 0.150. The molecular formula is C7H10N4O5S. The minimum Gasteiger partial charge on any atom is -0.481 e. The molecule has 2 amide bonds. The van der Waals surface area contributed by atoms with E-state index in [2.05, 4.69) is 9.97 Å². The van der Waals surface area contributed by atoms with Gasteiger partial charge >= 0.3 is 16.3 Å². The van der Waals surface area contributed by atoms with E-state index in [1.54, 1.807) is 6.92 Å². The van der Waals surface area contributed by atoms with E-state index in [1.807, 2.05) is 5.32 Å². The van der Waals surface area contributed by atoms with Gasteiger partial charge < -0.3 is 4.74 Å². The van der Waals surface area contributed by atoms with Crippen molar-refractivity contribution in [2.45, 2.75) is 6.92 Å². The summed E-state index contributed by atoms with van der Waals surface area (Å²) in [5.41, 5.74) is 0.513. The monoisotopic (exact) mass is 262 g/mol. The highest BCUT2D eigenvalue weighted by molar-refractivity contribution is 7.84. The van der Waals surface area contributed by atoms with Gasteiger partial charge in [0.2, 0.25) is 11.8 Å². The Morgan fingerprint density at radius 1 is 1.47 bits per heavy atom. The molecule has 0 radical (unpaired) electrons. The van der Waals surface area contributed by atoms with E-state index in [4.69, 9.17) is 9.29 Å². The highest BCUT2D eigenvalue weighted by Crippen LogP contribution is 2.10. The van der Waals surface area contributed by atoms with Crippen molar-refractivity contribution in [3.63, 3.8) is 0 Å². The predicted molar refractivity (Wildman–Crippen MR) is 57.0 cm³/mol. The molecule has 17 heavy (non-hydrogen) atoms. The Labute approximate surface area is 97.1 Å². The van der Waals surface area contributed by atoms with Gasteiger partial charge in [0.25, 0.3) is 0 Å². The maximum atomic E-state index is 11.1. The molecule has 0 aromatic carbocycles. The van der Waals surface area contributed by atoms with Crippen molar-refractivity contribution in [2.24, 2.45) is 0 Å². The molecule has 1 heterocycles. The quantitative estimate of drug-likeness (QED) is 0.638. The van der Waals surface area contributed by atoms with Gasteiger partial charge in [-0.15, -0.1) is 0 Å². The van der Waals surface area contributed by atoms with Gasteiger partial charge in [0, 0.05) is 11.8 Å². The maximum Gasteiger partial charge on any atom is 0.361 e. The third-order valence-corrected chi connectivity index (χ3v) is 1.93. The van der Waals surface area contributed by atoms with Crippen molar-refractivity contribution in [3.8, 4) is 5.88 Å². The first-order valence-electron chi connectivity index (χ1n) is 4.26. The molecule has 0 saturated carbocycles. The number of aryl methyl sites for hydroxylation is 1. The minimum atomic E-state index is -4.62. The normalized spacial score (nSPS) is 10.8. The second-order valence-corrected chi connectivity index (χ2v) is 4.06. The first-order chi connectivity index (χ1) is 7.80. The summed E-state index contributed by atoms with van der Waals surface area (Å²) in [6.07, 6.45) is 0. The number of anilines is 1. The van der Waals surface area contributed by atoms with Gasteiger partial charge in [-0.25, -0.2) is 14.5 Å². The van der Waals surface area contributed by atoms with Crippen LogP contribution in [0, 0.1) is 6.92 Å². The van der Waals surface area contributed by atoms with Crippen molar-refractivity contribution in [2.75, 3.05) is 12.4 Å². The molecule has 3 N–H and O–H groups in total. The van der Waals surface area contributed by atoms with Crippen molar-refractivity contribution >= 4 is 22.3 Å². The van der Waals surface area contributed by atoms with Crippen molar-refractivity contribution < 1.29 is 22.5 Å². The number of urea groups is 1. The van der Waals surface area contributed by atoms with Crippen LogP contribution in [0.25, 0.3) is 0 Å². The summed E-state index contributed by atoms with van der Waals surface area (Å²) in [5.74, 6) is 0.0580. The highest BCUT2D eigenvalue weighted by atomic mass is 32.2. The standard InChI is InChI=1S/C7H10N4O5S/c1-4-3-5(16-2)9-6(8-4)10-7(12)11-17(13,14)15/h3H,1-2H3,(H,13,14,15)(H2,8,9,10,11,12). The number of ether oxygens (including phenoxy) is 1. The maximum absolute atomic E-state index is 11.1. The van der Waals surface area contributed by atoms with E-state index in [-0.39, 0.29) is 11.8 Å². The predicted octanol–water partition coefficient (Wildman–Crippen LogP) is -0.282. The van der Waals surface area contributed by atoms with Crippen LogP contribution < -0.4 is 14.8 Å². The molecule has 0 saturated heterocycles. The Balaban J connectivity index is 2.81. The van der Waals surface area contributed by atoms with Crippen LogP contribution in [-0.2, 0) is 10.3 Å². The van der Waals surface area contributed by atoms with Crippen LogP contribution in [-0.4, -0.2) is 36.1 Å². The van der Waals surface area contributed by atoms with E-state index in [0.717, 1.165) is 0 Å². The summed E-state index contributed by atoms with van der Waals surface area (Å²) >= 11 is 0. The lowest BCUT2D eigenvalue weighted by molar-refractivity contribution is 0.255. The Morgan fingerprint density at radius 3 is 2.65 bits per heavy atom. The molecule has 0 bridgehead atoms. The number of carbonyl (C=O) groups excluding carboxylic acids is 1. The summed E-state index contributed by atoms with van der Waals surface area (Å²) in [6, 6.07) is 0.339. The van der Waals surface area contributed by atoms with Crippen LogP contribution in [0.4, 0.5) is 10.7 Å². The number of hydrogen-bond acceptors (Lipinski definition) is 6. The van der Waals surface area contributed by atoms with E-state index < -0.39 is 16.3 Å². The van der Waals surface area contributed by atoms with Gasteiger partial charge in [-0.1, -0.05) is 0 Å². The van der Waals surface area contributed by atoms with Crippen molar-refractivity contribution in [1.82, 2.24) is 14.7 Å². The zero-order valence-corrected chi connectivity index (χ0v) is 9.78. The van der Waals surface area contributed by atoms with E-state index >= 15 is 0 Å². The average Bonchev–Trinajstić information content (AvgIpc) is 2.13. The molecule has 0 spiro atoms. The van der Waals surface area contributed by atoms with E-state index in [1.165, 1.54) is 17.9 Å². The summed E-state index contributed by atoms with van der Waals surface area (Å²) in [7, 11) is -3.24. The van der Waals surface area contributed by atoms with E-state index in [0.29, 0.717) is 5.69 Å². The Morgan fingerprint density at radius 2 is 2.12 bits per heavy atom. The topological polar surface area (TPSA) is 131 Å². The molecule has 0 aliphatic carbocycles. The zero-order valence-electron chi connectivity index (χ0n) is 8.96. The van der Waals surface area contributed by atoms with Crippen LogP contribution in [0.15, 0.2) is 6.07 Å². The average molecular weight is 262 g/mol. The van der Waals surface area contributed by atoms with Crippen molar-refractivity contribution in [1.29, 1.82) is 0 Å². The molecule has 1 rings (SSSR count). The Hall–Kier alpha value is -1.94. The Kier molecular flexibility index (Phi) is 3.81. The molecule has 0 aliphatic heterocycles. The molecule has 1 aromatic heterocycles. The third kappa shape index (κ3) is 4.61. The van der Waals surface area contributed by atoms with Crippen LogP contribution in [0.5, 0.6) is 5.88 Å². The molecule has 94 valence electrons. The number of carbonyl (C=O) groups is 1. The smallest absolute Gasteiger partial charge is 0.361 e. The summed E-state index contributed by atoms with van der Waals surface area (Å²) in [5, 5.41) is 2.02. The number of rotatable bonds is 3. The fourth-order valence-corrected chi connectivity index (χ4v) is 1.23. The van der Waals surface area contributed by atoms with Gasteiger partial charge in [0.05, 0.1) is 7.11 Å². The van der Waals surface area contributed by atoms with Crippen LogP contribution in [0.2, 0.25) is 0 Å². The van der Waals surface area contributed by atoms with Crippen LogP contribution in [0.1, 0.15) is 5.69 Å². The number of nitrogens with zero attached hydrogens (tertiary/aromatic N) is 2. The van der Waals surface area contributed by atoms with E-state index in [9.17, 15) is 13.2 Å². The van der Waals surface area contributed by atoms with Gasteiger partial charge in [-0.05, 0) is 6.92 Å². The molecule has 9 nitrogen and oxygen atoms in total. The summed E-state index contributed by atoms with van der Waals surface area (Å²) in [4.78, 5) is 18.6. The number of hydrogen-bond donors (Lipinski definition) is 3. The first kappa shape index (κ1) is 13.1.